The molecule has 0 aliphatic carbocycles. The maximum Gasteiger partial charge on any atom is 0.274 e. The van der Waals surface area contributed by atoms with Crippen LogP contribution in [-0.4, -0.2) is 57.9 Å². The Hall–Kier alpha value is -1.96. The summed E-state index contributed by atoms with van der Waals surface area (Å²) < 4.78 is 1.50. The molecule has 1 atom stereocenters. The summed E-state index contributed by atoms with van der Waals surface area (Å²) in [4.78, 5) is 25.1. The number of likely N-dealkylation sites (tertiary alicyclic amines) is 1. The van der Waals surface area contributed by atoms with E-state index in [1.54, 1.807) is 11.9 Å². The molecule has 18 heavy (non-hydrogen) atoms. The summed E-state index contributed by atoms with van der Waals surface area (Å²) in [6.45, 7) is 1.59. The number of carbonyl (C=O) groups excluding carboxylic acids is 2. The minimum absolute atomic E-state index is 0.0716. The van der Waals surface area contributed by atoms with Crippen LogP contribution in [0.5, 0.6) is 0 Å². The van der Waals surface area contributed by atoms with Crippen molar-refractivity contribution in [1.82, 2.24) is 25.2 Å². The van der Waals surface area contributed by atoms with Crippen LogP contribution in [0.3, 0.4) is 0 Å². The number of likely N-dealkylation sites (N-methyl/N-ethyl adjacent to an activating group) is 1. The second-order valence-electron chi connectivity index (χ2n) is 4.23. The Morgan fingerprint density at radius 1 is 1.67 bits per heavy atom. The molecule has 1 aliphatic heterocycles. The van der Waals surface area contributed by atoms with Crippen LogP contribution in [0.2, 0.25) is 0 Å². The molecule has 98 valence electrons. The maximum atomic E-state index is 11.8. The predicted molar refractivity (Wildman–Crippen MR) is 62.6 cm³/mol. The fraction of sp³-hybridized carbons (Fsp3) is 0.600. The number of aromatic nitrogens is 3. The quantitative estimate of drug-likeness (QED) is 0.657. The van der Waals surface area contributed by atoms with Gasteiger partial charge < -0.3 is 16.0 Å². The van der Waals surface area contributed by atoms with Gasteiger partial charge in [0.05, 0.1) is 12.7 Å². The minimum Gasteiger partial charge on any atom is -0.344 e. The van der Waals surface area contributed by atoms with E-state index in [1.165, 1.54) is 10.9 Å². The van der Waals surface area contributed by atoms with Crippen LogP contribution >= 0.6 is 0 Å². The Morgan fingerprint density at radius 2 is 2.44 bits per heavy atom. The summed E-state index contributed by atoms with van der Waals surface area (Å²) in [5.74, 6) is -0.454. The van der Waals surface area contributed by atoms with Gasteiger partial charge in [0.15, 0.2) is 5.69 Å². The average molecular weight is 252 g/mol. The number of hydrogen-bond donors (Lipinski definition) is 2. The number of rotatable bonds is 4. The normalized spacial score (nSPS) is 19.3. The Bertz CT molecular complexity index is 457. The number of nitrogens with one attached hydrogen (secondary N) is 1. The minimum atomic E-state index is -0.456. The van der Waals surface area contributed by atoms with E-state index >= 15 is 0 Å². The van der Waals surface area contributed by atoms with Crippen molar-refractivity contribution in [2.75, 3.05) is 20.1 Å². The van der Waals surface area contributed by atoms with Gasteiger partial charge in [-0.05, 0) is 6.42 Å². The van der Waals surface area contributed by atoms with Crippen LogP contribution in [0.15, 0.2) is 6.20 Å². The van der Waals surface area contributed by atoms with Gasteiger partial charge in [0.25, 0.3) is 5.91 Å². The molecule has 1 unspecified atom stereocenters. The van der Waals surface area contributed by atoms with Gasteiger partial charge in [0.2, 0.25) is 5.91 Å². The summed E-state index contributed by atoms with van der Waals surface area (Å²) >= 11 is 0. The van der Waals surface area contributed by atoms with Crippen molar-refractivity contribution in [1.29, 1.82) is 0 Å². The summed E-state index contributed by atoms with van der Waals surface area (Å²) in [5.41, 5.74) is 5.57. The van der Waals surface area contributed by atoms with Crippen LogP contribution in [0.1, 0.15) is 16.9 Å². The molecule has 2 amide bonds. The molecule has 8 heteroatoms. The molecular formula is C10H16N6O2. The van der Waals surface area contributed by atoms with Gasteiger partial charge in [-0.2, -0.15) is 0 Å². The van der Waals surface area contributed by atoms with Crippen LogP contribution in [-0.2, 0) is 11.3 Å². The lowest BCUT2D eigenvalue weighted by Crippen LogP contribution is -2.40. The molecule has 8 nitrogen and oxygen atoms in total. The van der Waals surface area contributed by atoms with Crippen LogP contribution in [0.25, 0.3) is 0 Å². The monoisotopic (exact) mass is 252 g/mol. The smallest absolute Gasteiger partial charge is 0.274 e. The average Bonchev–Trinajstić information content (AvgIpc) is 2.92. The summed E-state index contributed by atoms with van der Waals surface area (Å²) in [6.07, 6.45) is 2.14. The van der Waals surface area contributed by atoms with E-state index < -0.39 is 6.04 Å². The Morgan fingerprint density at radius 3 is 3.06 bits per heavy atom. The Kier molecular flexibility index (Phi) is 3.56. The largest absolute Gasteiger partial charge is 0.344 e. The molecule has 1 fully saturated rings. The molecule has 2 heterocycles. The first-order valence-corrected chi connectivity index (χ1v) is 5.78. The van der Waals surface area contributed by atoms with Gasteiger partial charge in [0.1, 0.15) is 6.04 Å². The molecule has 1 aliphatic rings. The molecule has 0 aromatic carbocycles. The van der Waals surface area contributed by atoms with Gasteiger partial charge in [-0.1, -0.05) is 5.21 Å². The molecule has 0 radical (unpaired) electrons. The van der Waals surface area contributed by atoms with Crippen molar-refractivity contribution >= 4 is 11.8 Å². The Labute approximate surface area is 104 Å². The van der Waals surface area contributed by atoms with Gasteiger partial charge in [-0.25, -0.2) is 0 Å². The van der Waals surface area contributed by atoms with Crippen molar-refractivity contribution in [3.63, 3.8) is 0 Å². The summed E-state index contributed by atoms with van der Waals surface area (Å²) in [7, 11) is 1.71. The first-order valence-electron chi connectivity index (χ1n) is 5.78. The fourth-order valence-electron chi connectivity index (χ4n) is 1.83. The zero-order valence-electron chi connectivity index (χ0n) is 10.2. The number of carbonyl (C=O) groups is 2. The first-order chi connectivity index (χ1) is 8.61. The highest BCUT2D eigenvalue weighted by molar-refractivity contribution is 5.96. The zero-order chi connectivity index (χ0) is 13.1. The molecule has 0 spiro atoms. The standard InChI is InChI=1S/C10H16N6O2/c1-15-4-2-7(10(15)18)12-9(17)8-6-16(5-3-11)14-13-8/h6-7H,2-5,11H2,1H3,(H,12,17). The van der Waals surface area contributed by atoms with Gasteiger partial charge in [0, 0.05) is 20.1 Å². The molecule has 0 saturated carbocycles. The van der Waals surface area contributed by atoms with E-state index in [9.17, 15) is 9.59 Å². The third-order valence-electron chi connectivity index (χ3n) is 2.86. The van der Waals surface area contributed by atoms with Crippen molar-refractivity contribution in [2.24, 2.45) is 5.73 Å². The molecule has 3 N–H and O–H groups in total. The van der Waals surface area contributed by atoms with Crippen molar-refractivity contribution in [2.45, 2.75) is 19.0 Å². The van der Waals surface area contributed by atoms with Crippen LogP contribution in [0.4, 0.5) is 0 Å². The van der Waals surface area contributed by atoms with E-state index in [0.29, 0.717) is 26.1 Å². The molecule has 1 aromatic rings. The number of nitrogens with zero attached hydrogens (tertiary/aromatic N) is 4. The van der Waals surface area contributed by atoms with Crippen molar-refractivity contribution < 1.29 is 9.59 Å². The lowest BCUT2D eigenvalue weighted by molar-refractivity contribution is -0.128. The molecule has 2 rings (SSSR count). The second-order valence-corrected chi connectivity index (χ2v) is 4.23. The van der Waals surface area contributed by atoms with E-state index in [0.717, 1.165) is 0 Å². The zero-order valence-corrected chi connectivity index (χ0v) is 10.2. The first kappa shape index (κ1) is 12.5. The second kappa shape index (κ2) is 5.13. The highest BCUT2D eigenvalue weighted by Gasteiger charge is 2.30. The van der Waals surface area contributed by atoms with Crippen LogP contribution < -0.4 is 11.1 Å². The molecule has 1 aromatic heterocycles. The fourth-order valence-corrected chi connectivity index (χ4v) is 1.83. The topological polar surface area (TPSA) is 106 Å². The van der Waals surface area contributed by atoms with E-state index in [4.69, 9.17) is 5.73 Å². The third-order valence-corrected chi connectivity index (χ3v) is 2.86. The van der Waals surface area contributed by atoms with Gasteiger partial charge in [-0.3, -0.25) is 14.3 Å². The highest BCUT2D eigenvalue weighted by atomic mass is 16.2. The highest BCUT2D eigenvalue weighted by Crippen LogP contribution is 2.09. The molecule has 1 saturated heterocycles. The lowest BCUT2D eigenvalue weighted by atomic mass is 10.2. The van der Waals surface area contributed by atoms with Gasteiger partial charge in [-0.15, -0.1) is 5.10 Å². The van der Waals surface area contributed by atoms with Crippen molar-refractivity contribution in [3.8, 4) is 0 Å². The number of amides is 2. The van der Waals surface area contributed by atoms with E-state index in [2.05, 4.69) is 15.6 Å². The summed E-state index contributed by atoms with van der Waals surface area (Å²) in [6, 6.07) is -0.456. The Balaban J connectivity index is 1.97. The van der Waals surface area contributed by atoms with E-state index in [-0.39, 0.29) is 17.5 Å². The third kappa shape index (κ3) is 2.48. The summed E-state index contributed by atoms with van der Waals surface area (Å²) in [5, 5.41) is 10.2. The number of hydrogen-bond acceptors (Lipinski definition) is 5. The van der Waals surface area contributed by atoms with Crippen molar-refractivity contribution in [3.05, 3.63) is 11.9 Å². The SMILES string of the molecule is CN1CCC(NC(=O)c2cn(CCN)nn2)C1=O. The van der Waals surface area contributed by atoms with E-state index in [1.807, 2.05) is 0 Å². The lowest BCUT2D eigenvalue weighted by Gasteiger charge is -2.10. The van der Waals surface area contributed by atoms with Gasteiger partial charge >= 0.3 is 0 Å². The molecular weight excluding hydrogens is 236 g/mol. The number of nitrogens with two attached hydrogens (primary N) is 1. The predicted octanol–water partition coefficient (Wildman–Crippen LogP) is -1.80. The van der Waals surface area contributed by atoms with Crippen LogP contribution in [0, 0.1) is 0 Å². The molecule has 0 bridgehead atoms. The maximum absolute atomic E-state index is 11.8.